The third-order valence-electron chi connectivity index (χ3n) is 9.64. The van der Waals surface area contributed by atoms with E-state index in [1.165, 1.54) is 0 Å². The largest absolute Gasteiger partial charge is 0.481 e. The van der Waals surface area contributed by atoms with Gasteiger partial charge in [0.2, 0.25) is 11.8 Å². The van der Waals surface area contributed by atoms with E-state index in [0.717, 1.165) is 45.2 Å². The lowest BCUT2D eigenvalue weighted by molar-refractivity contribution is -0.138. The Labute approximate surface area is 293 Å². The van der Waals surface area contributed by atoms with Gasteiger partial charge < -0.3 is 34.8 Å². The van der Waals surface area contributed by atoms with Crippen LogP contribution in [0, 0.1) is 5.92 Å². The summed E-state index contributed by atoms with van der Waals surface area (Å²) in [6.07, 6.45) is 5.40. The number of benzene rings is 1. The fraction of sp³-hybridized carbons (Fsp3) is 0.583. The Balaban J connectivity index is 1.28. The van der Waals surface area contributed by atoms with E-state index in [1.807, 2.05) is 35.2 Å². The number of likely N-dealkylation sites (tertiary alicyclic amines) is 1. The van der Waals surface area contributed by atoms with Crippen molar-refractivity contribution in [2.75, 3.05) is 63.9 Å². The van der Waals surface area contributed by atoms with Crippen LogP contribution in [0.2, 0.25) is 0 Å². The number of carboxylic acids is 1. The van der Waals surface area contributed by atoms with Crippen LogP contribution in [0.5, 0.6) is 0 Å². The number of amides is 4. The lowest BCUT2D eigenvalue weighted by Crippen LogP contribution is -2.56. The fourth-order valence-electron chi connectivity index (χ4n) is 6.67. The molecule has 5 rings (SSSR count). The number of nitrogens with one attached hydrogen (secondary N) is 1. The number of nitrogens with zero attached hydrogens (tertiary/aromatic N) is 6. The molecule has 1 atom stereocenters. The number of aromatic nitrogens is 2. The lowest BCUT2D eigenvalue weighted by atomic mass is 9.95. The van der Waals surface area contributed by atoms with Crippen LogP contribution in [0.4, 0.5) is 10.6 Å². The number of rotatable bonds is 13. The van der Waals surface area contributed by atoms with Crippen LogP contribution in [-0.4, -0.2) is 125 Å². The number of unbranched alkanes of at least 4 members (excludes halogenated alkanes) is 2. The number of carbonyl (C=O) groups is 5. The van der Waals surface area contributed by atoms with Crippen LogP contribution < -0.4 is 10.2 Å². The summed E-state index contributed by atoms with van der Waals surface area (Å²) in [4.78, 5) is 81.0. The van der Waals surface area contributed by atoms with Crippen molar-refractivity contribution in [2.45, 2.75) is 70.8 Å². The number of carboxylic acid groups (broad SMARTS) is 1. The number of ether oxygens (including phenoxy) is 1. The van der Waals surface area contributed by atoms with Gasteiger partial charge in [0.1, 0.15) is 17.6 Å². The van der Waals surface area contributed by atoms with Crippen molar-refractivity contribution in [3.8, 4) is 11.4 Å². The maximum atomic E-state index is 13.8. The smallest absolute Gasteiger partial charge is 0.409 e. The van der Waals surface area contributed by atoms with Gasteiger partial charge in [0, 0.05) is 76.3 Å². The predicted molar refractivity (Wildman–Crippen MR) is 185 cm³/mol. The zero-order valence-electron chi connectivity index (χ0n) is 28.9. The van der Waals surface area contributed by atoms with Gasteiger partial charge in [-0.2, -0.15) is 0 Å². The van der Waals surface area contributed by atoms with E-state index in [0.29, 0.717) is 49.7 Å². The Bertz CT molecular complexity index is 1480. The Morgan fingerprint density at radius 2 is 1.56 bits per heavy atom. The highest BCUT2D eigenvalue weighted by molar-refractivity contribution is 5.97. The van der Waals surface area contributed by atoms with Gasteiger partial charge in [0.15, 0.2) is 5.82 Å². The minimum Gasteiger partial charge on any atom is -0.481 e. The van der Waals surface area contributed by atoms with Crippen LogP contribution in [-0.2, 0) is 19.1 Å². The number of piperazine rings is 1. The maximum absolute atomic E-state index is 13.8. The Morgan fingerprint density at radius 3 is 2.22 bits per heavy atom. The molecule has 0 unspecified atom stereocenters. The third-order valence-corrected chi connectivity index (χ3v) is 9.64. The number of hydrogen-bond donors (Lipinski definition) is 2. The molecule has 1 aromatic heterocycles. The van der Waals surface area contributed by atoms with Crippen LogP contribution in [0.3, 0.4) is 0 Å². The van der Waals surface area contributed by atoms with Crippen molar-refractivity contribution in [1.29, 1.82) is 0 Å². The molecule has 14 heteroatoms. The van der Waals surface area contributed by atoms with Crippen molar-refractivity contribution < 1.29 is 33.8 Å². The Morgan fingerprint density at radius 1 is 0.880 bits per heavy atom. The average Bonchev–Trinajstić information content (AvgIpc) is 3.70. The van der Waals surface area contributed by atoms with Crippen molar-refractivity contribution in [3.63, 3.8) is 0 Å². The van der Waals surface area contributed by atoms with Gasteiger partial charge in [-0.3, -0.25) is 19.2 Å². The molecule has 4 heterocycles. The molecule has 0 bridgehead atoms. The summed E-state index contributed by atoms with van der Waals surface area (Å²) in [5.41, 5.74) is 0.760. The summed E-state index contributed by atoms with van der Waals surface area (Å²) in [5.74, 6) is -1.06. The molecule has 3 saturated heterocycles. The maximum Gasteiger partial charge on any atom is 0.409 e. The molecule has 3 fully saturated rings. The van der Waals surface area contributed by atoms with Crippen molar-refractivity contribution in [2.24, 2.45) is 5.92 Å². The minimum absolute atomic E-state index is 0.0399. The fourth-order valence-corrected chi connectivity index (χ4v) is 6.67. The highest BCUT2D eigenvalue weighted by Crippen LogP contribution is 2.27. The van der Waals surface area contributed by atoms with E-state index in [1.54, 1.807) is 15.9 Å². The molecular formula is C36H49N7O7. The molecule has 4 amide bonds. The van der Waals surface area contributed by atoms with Gasteiger partial charge in [-0.05, 0) is 38.5 Å². The number of aliphatic carboxylic acids is 1. The van der Waals surface area contributed by atoms with Crippen molar-refractivity contribution in [1.82, 2.24) is 30.0 Å². The van der Waals surface area contributed by atoms with Gasteiger partial charge in [-0.1, -0.05) is 50.1 Å². The second kappa shape index (κ2) is 17.8. The quantitative estimate of drug-likeness (QED) is 0.298. The average molecular weight is 692 g/mol. The first kappa shape index (κ1) is 36.5. The molecule has 50 heavy (non-hydrogen) atoms. The van der Waals surface area contributed by atoms with Crippen molar-refractivity contribution >= 4 is 35.6 Å². The molecule has 0 spiro atoms. The van der Waals surface area contributed by atoms with Crippen molar-refractivity contribution in [3.05, 3.63) is 42.1 Å². The first-order valence-electron chi connectivity index (χ1n) is 17.9. The molecule has 3 aliphatic heterocycles. The first-order valence-corrected chi connectivity index (χ1v) is 17.9. The Hall–Kier alpha value is -4.75. The third kappa shape index (κ3) is 9.69. The first-order chi connectivity index (χ1) is 24.2. The molecule has 1 aromatic carbocycles. The lowest BCUT2D eigenvalue weighted by Gasteiger charge is -2.36. The topological polar surface area (TPSA) is 166 Å². The molecule has 2 N–H and O–H groups in total. The minimum atomic E-state index is -1.11. The molecule has 0 aliphatic carbocycles. The van der Waals surface area contributed by atoms with Gasteiger partial charge in [0.05, 0.1) is 6.61 Å². The van der Waals surface area contributed by atoms with E-state index >= 15 is 0 Å². The van der Waals surface area contributed by atoms with E-state index in [9.17, 15) is 29.1 Å². The summed E-state index contributed by atoms with van der Waals surface area (Å²) in [5, 5.41) is 12.2. The monoisotopic (exact) mass is 691 g/mol. The second-order valence-corrected chi connectivity index (χ2v) is 13.2. The number of hydrogen-bond acceptors (Lipinski definition) is 9. The van der Waals surface area contributed by atoms with Crippen LogP contribution in [0.25, 0.3) is 11.4 Å². The standard InChI is InChI=1S/C36H49N7O7/c1-2-3-9-24-50-36(49)43-22-20-42(21-23-43)35(48)28(12-13-31(44)45)38-33(46)29-25-30(39-32(37-29)26-10-5-4-6-11-26)40-18-14-27(15-19-40)34(47)41-16-7-8-17-41/h4-6,10-11,25,27-28H,2-3,7-9,12-24H2,1H3,(H,38,46)(H,44,45)/t28-/m0/s1. The number of carbonyl (C=O) groups excluding carboxylic acids is 4. The zero-order valence-corrected chi connectivity index (χ0v) is 28.9. The van der Waals surface area contributed by atoms with Gasteiger partial charge in [0.25, 0.3) is 5.91 Å². The summed E-state index contributed by atoms with van der Waals surface area (Å²) >= 11 is 0. The van der Waals surface area contributed by atoms with E-state index in [2.05, 4.69) is 22.1 Å². The molecule has 2 aromatic rings. The molecule has 14 nitrogen and oxygen atoms in total. The van der Waals surface area contributed by atoms with Crippen LogP contribution in [0.15, 0.2) is 36.4 Å². The molecule has 0 radical (unpaired) electrons. The van der Waals surface area contributed by atoms with E-state index < -0.39 is 29.9 Å². The predicted octanol–water partition coefficient (Wildman–Crippen LogP) is 3.42. The number of anilines is 1. The van der Waals surface area contributed by atoms with Gasteiger partial charge >= 0.3 is 12.1 Å². The highest BCUT2D eigenvalue weighted by atomic mass is 16.6. The summed E-state index contributed by atoms with van der Waals surface area (Å²) in [6, 6.07) is 9.76. The normalized spacial score (nSPS) is 17.4. The Kier molecular flexibility index (Phi) is 13.0. The van der Waals surface area contributed by atoms with Gasteiger partial charge in [-0.25, -0.2) is 14.8 Å². The molecule has 270 valence electrons. The number of piperidine rings is 1. The second-order valence-electron chi connectivity index (χ2n) is 13.2. The van der Waals surface area contributed by atoms with Gasteiger partial charge in [-0.15, -0.1) is 0 Å². The molecule has 3 aliphatic rings. The van der Waals surface area contributed by atoms with E-state index in [-0.39, 0.29) is 56.5 Å². The SMILES string of the molecule is CCCCCOC(=O)N1CCN(C(=O)[C@H](CCC(=O)O)NC(=O)c2cc(N3CCC(C(=O)N4CCCC4)CC3)nc(-c3ccccc3)n2)CC1. The zero-order chi connectivity index (χ0) is 35.5. The molecular weight excluding hydrogens is 642 g/mol. The molecule has 0 saturated carbocycles. The summed E-state index contributed by atoms with van der Waals surface area (Å²) in [7, 11) is 0. The summed E-state index contributed by atoms with van der Waals surface area (Å²) in [6.45, 7) is 6.26. The summed E-state index contributed by atoms with van der Waals surface area (Å²) < 4.78 is 5.35. The van der Waals surface area contributed by atoms with Crippen LogP contribution in [0.1, 0.15) is 75.2 Å². The van der Waals surface area contributed by atoms with E-state index in [4.69, 9.17) is 9.72 Å². The highest BCUT2D eigenvalue weighted by Gasteiger charge is 2.33. The van der Waals surface area contributed by atoms with Crippen LogP contribution >= 0.6 is 0 Å².